The number of likely N-dealkylation sites (N-methyl/N-ethyl adjacent to an activating group) is 1. The predicted molar refractivity (Wildman–Crippen MR) is 78.1 cm³/mol. The molecule has 0 spiro atoms. The maximum absolute atomic E-state index is 12.6. The molecule has 0 aliphatic carbocycles. The van der Waals surface area contributed by atoms with Crippen molar-refractivity contribution in [3.63, 3.8) is 0 Å². The van der Waals surface area contributed by atoms with E-state index in [2.05, 4.69) is 0 Å². The summed E-state index contributed by atoms with van der Waals surface area (Å²) in [5, 5.41) is 9.55. The van der Waals surface area contributed by atoms with E-state index in [9.17, 15) is 9.90 Å². The molecular weight excluding hydrogens is 286 g/mol. The van der Waals surface area contributed by atoms with Gasteiger partial charge in [-0.2, -0.15) is 0 Å². The predicted octanol–water partition coefficient (Wildman–Crippen LogP) is 0.996. The fourth-order valence-corrected chi connectivity index (χ4v) is 3.10. The minimum atomic E-state index is -0.759. The van der Waals surface area contributed by atoms with Crippen LogP contribution in [0.4, 0.5) is 0 Å². The molecule has 0 aromatic heterocycles. The third-order valence-electron chi connectivity index (χ3n) is 4.08. The Hall–Kier alpha value is -1.47. The lowest BCUT2D eigenvalue weighted by atomic mass is 10.0. The molecular formula is C16H21NO5. The van der Waals surface area contributed by atoms with Crippen molar-refractivity contribution in [1.82, 2.24) is 4.90 Å². The van der Waals surface area contributed by atoms with Crippen LogP contribution in [0.25, 0.3) is 0 Å². The molecule has 120 valence electrons. The number of hydrogen-bond donors (Lipinski definition) is 1. The molecule has 4 atom stereocenters. The van der Waals surface area contributed by atoms with E-state index in [-0.39, 0.29) is 12.5 Å². The number of ether oxygens (including phenoxy) is 3. The van der Waals surface area contributed by atoms with Gasteiger partial charge in [0.15, 0.2) is 12.1 Å². The van der Waals surface area contributed by atoms with E-state index in [4.69, 9.17) is 14.2 Å². The van der Waals surface area contributed by atoms with Crippen LogP contribution in [-0.2, 0) is 14.2 Å². The number of benzene rings is 1. The van der Waals surface area contributed by atoms with Crippen molar-refractivity contribution < 1.29 is 24.1 Å². The second-order valence-corrected chi connectivity index (χ2v) is 6.10. The number of amides is 1. The molecule has 2 aliphatic heterocycles. The molecule has 0 saturated carbocycles. The van der Waals surface area contributed by atoms with Gasteiger partial charge in [0.1, 0.15) is 12.2 Å². The van der Waals surface area contributed by atoms with Gasteiger partial charge in [-0.05, 0) is 26.0 Å². The Morgan fingerprint density at radius 2 is 1.95 bits per heavy atom. The molecule has 2 saturated heterocycles. The fraction of sp³-hybridized carbons (Fsp3) is 0.562. The first-order valence-corrected chi connectivity index (χ1v) is 7.37. The zero-order valence-corrected chi connectivity index (χ0v) is 12.9. The number of hydrogen-bond acceptors (Lipinski definition) is 5. The van der Waals surface area contributed by atoms with E-state index in [1.54, 1.807) is 37.9 Å². The van der Waals surface area contributed by atoms with Crippen LogP contribution in [0.2, 0.25) is 0 Å². The first-order chi connectivity index (χ1) is 10.4. The third kappa shape index (κ3) is 2.63. The summed E-state index contributed by atoms with van der Waals surface area (Å²) in [6.07, 6.45) is -1.50. The van der Waals surface area contributed by atoms with Crippen molar-refractivity contribution in [3.05, 3.63) is 35.9 Å². The molecule has 2 fully saturated rings. The molecule has 0 radical (unpaired) electrons. The normalized spacial score (nSPS) is 32.7. The van der Waals surface area contributed by atoms with Crippen LogP contribution in [0.1, 0.15) is 24.2 Å². The molecule has 22 heavy (non-hydrogen) atoms. The molecule has 1 aromatic rings. The summed E-state index contributed by atoms with van der Waals surface area (Å²) >= 11 is 0. The fourth-order valence-electron chi connectivity index (χ4n) is 3.10. The van der Waals surface area contributed by atoms with Crippen LogP contribution in [-0.4, -0.2) is 59.9 Å². The molecule has 0 bridgehead atoms. The molecule has 6 heteroatoms. The average molecular weight is 307 g/mol. The Morgan fingerprint density at radius 1 is 1.27 bits per heavy atom. The van der Waals surface area contributed by atoms with Crippen LogP contribution in [0.15, 0.2) is 30.3 Å². The van der Waals surface area contributed by atoms with Gasteiger partial charge in [0.25, 0.3) is 5.91 Å². The Morgan fingerprint density at radius 3 is 2.59 bits per heavy atom. The summed E-state index contributed by atoms with van der Waals surface area (Å²) < 4.78 is 17.2. The Kier molecular flexibility index (Phi) is 3.94. The molecule has 2 aliphatic rings. The lowest BCUT2D eigenvalue weighted by Crippen LogP contribution is -2.50. The van der Waals surface area contributed by atoms with Gasteiger partial charge in [0.05, 0.1) is 12.6 Å². The first-order valence-electron chi connectivity index (χ1n) is 7.37. The molecule has 1 N–H and O–H groups in total. The second-order valence-electron chi connectivity index (χ2n) is 6.10. The van der Waals surface area contributed by atoms with Gasteiger partial charge < -0.3 is 24.2 Å². The summed E-state index contributed by atoms with van der Waals surface area (Å²) in [6, 6.07) is 8.61. The number of aliphatic hydroxyl groups excluding tert-OH is 1. The standard InChI is InChI=1S/C16H21NO5/c1-16(2)21-13-12(11(9-18)20-15(13)22-16)17(3)14(19)10-7-5-4-6-8-10/h4-8,11-13,15,18H,9H2,1-3H3. The van der Waals surface area contributed by atoms with Crippen molar-refractivity contribution in [2.24, 2.45) is 0 Å². The maximum Gasteiger partial charge on any atom is 0.254 e. The maximum atomic E-state index is 12.6. The Bertz CT molecular complexity index is 547. The van der Waals surface area contributed by atoms with Crippen LogP contribution in [0.3, 0.4) is 0 Å². The zero-order chi connectivity index (χ0) is 15.9. The number of nitrogens with zero attached hydrogens (tertiary/aromatic N) is 1. The second kappa shape index (κ2) is 5.62. The average Bonchev–Trinajstić information content (AvgIpc) is 2.97. The highest BCUT2D eigenvalue weighted by atomic mass is 16.8. The Labute approximate surface area is 129 Å². The van der Waals surface area contributed by atoms with Crippen LogP contribution < -0.4 is 0 Å². The van der Waals surface area contributed by atoms with E-state index in [1.165, 1.54) is 0 Å². The highest BCUT2D eigenvalue weighted by molar-refractivity contribution is 5.94. The molecule has 1 aromatic carbocycles. The molecule has 6 nitrogen and oxygen atoms in total. The highest BCUT2D eigenvalue weighted by Crippen LogP contribution is 2.39. The van der Waals surface area contributed by atoms with Gasteiger partial charge in [-0.1, -0.05) is 18.2 Å². The van der Waals surface area contributed by atoms with Crippen LogP contribution >= 0.6 is 0 Å². The van der Waals surface area contributed by atoms with Gasteiger partial charge in [0.2, 0.25) is 0 Å². The SMILES string of the molecule is CN(C(=O)c1ccccc1)C1C(CO)OC2OC(C)(C)OC21. The highest BCUT2D eigenvalue weighted by Gasteiger charge is 2.56. The summed E-state index contributed by atoms with van der Waals surface area (Å²) in [7, 11) is 1.70. The van der Waals surface area contributed by atoms with Gasteiger partial charge >= 0.3 is 0 Å². The van der Waals surface area contributed by atoms with Crippen molar-refractivity contribution in [1.29, 1.82) is 0 Å². The van der Waals surface area contributed by atoms with E-state index >= 15 is 0 Å². The van der Waals surface area contributed by atoms with Gasteiger partial charge in [-0.3, -0.25) is 4.79 Å². The number of aliphatic hydroxyl groups is 1. The Balaban J connectivity index is 1.83. The van der Waals surface area contributed by atoms with E-state index < -0.39 is 30.3 Å². The van der Waals surface area contributed by atoms with Crippen molar-refractivity contribution in [2.75, 3.05) is 13.7 Å². The monoisotopic (exact) mass is 307 g/mol. The quantitative estimate of drug-likeness (QED) is 0.902. The van der Waals surface area contributed by atoms with Gasteiger partial charge in [-0.15, -0.1) is 0 Å². The first kappa shape index (κ1) is 15.4. The third-order valence-corrected chi connectivity index (χ3v) is 4.08. The van der Waals surface area contributed by atoms with E-state index in [1.807, 2.05) is 18.2 Å². The number of carbonyl (C=O) groups excluding carboxylic acids is 1. The van der Waals surface area contributed by atoms with E-state index in [0.29, 0.717) is 5.56 Å². The number of fused-ring (bicyclic) bond motifs is 1. The number of rotatable bonds is 3. The summed E-state index contributed by atoms with van der Waals surface area (Å²) in [6.45, 7) is 3.41. The molecule has 4 unspecified atom stereocenters. The van der Waals surface area contributed by atoms with Gasteiger partial charge in [-0.25, -0.2) is 0 Å². The van der Waals surface area contributed by atoms with Crippen LogP contribution in [0, 0.1) is 0 Å². The topological polar surface area (TPSA) is 68.2 Å². The van der Waals surface area contributed by atoms with Crippen molar-refractivity contribution >= 4 is 5.91 Å². The lowest BCUT2D eigenvalue weighted by molar-refractivity contribution is -0.213. The summed E-state index contributed by atoms with van der Waals surface area (Å²) in [5.74, 6) is -0.897. The zero-order valence-electron chi connectivity index (χ0n) is 12.9. The molecule has 2 heterocycles. The largest absolute Gasteiger partial charge is 0.394 e. The van der Waals surface area contributed by atoms with Gasteiger partial charge in [0, 0.05) is 12.6 Å². The minimum absolute atomic E-state index is 0.137. The van der Waals surface area contributed by atoms with Crippen LogP contribution in [0.5, 0.6) is 0 Å². The molecule has 3 rings (SSSR count). The van der Waals surface area contributed by atoms with Crippen molar-refractivity contribution in [2.45, 2.75) is 44.2 Å². The molecule has 1 amide bonds. The number of carbonyl (C=O) groups is 1. The lowest BCUT2D eigenvalue weighted by Gasteiger charge is -2.32. The minimum Gasteiger partial charge on any atom is -0.394 e. The van der Waals surface area contributed by atoms with E-state index in [0.717, 1.165) is 0 Å². The van der Waals surface area contributed by atoms with Crippen molar-refractivity contribution in [3.8, 4) is 0 Å². The summed E-state index contributed by atoms with van der Waals surface area (Å²) in [4.78, 5) is 14.2. The summed E-state index contributed by atoms with van der Waals surface area (Å²) in [5.41, 5.74) is 0.586. The smallest absolute Gasteiger partial charge is 0.254 e.